The number of aliphatic carboxylic acids is 1. The Bertz CT molecular complexity index is 994. The second-order valence-corrected chi connectivity index (χ2v) is 9.66. The van der Waals surface area contributed by atoms with Crippen LogP contribution in [0.15, 0.2) is 36.4 Å². The van der Waals surface area contributed by atoms with Crippen LogP contribution in [0, 0.1) is 0 Å². The number of likely N-dealkylation sites (tertiary alicyclic amines) is 1. The number of fused-ring (bicyclic) bond motifs is 1. The lowest BCUT2D eigenvalue weighted by Crippen LogP contribution is -2.33. The number of benzene rings is 1. The van der Waals surface area contributed by atoms with Gasteiger partial charge in [0.1, 0.15) is 11.8 Å². The van der Waals surface area contributed by atoms with Crippen molar-refractivity contribution in [1.82, 2.24) is 9.88 Å². The molecule has 1 unspecified atom stereocenters. The molecule has 3 aliphatic rings. The van der Waals surface area contributed by atoms with Crippen molar-refractivity contribution < 1.29 is 19.4 Å². The van der Waals surface area contributed by atoms with E-state index in [1.165, 1.54) is 11.4 Å². The second-order valence-electron chi connectivity index (χ2n) is 9.66. The fourth-order valence-corrected chi connectivity index (χ4v) is 4.96. The summed E-state index contributed by atoms with van der Waals surface area (Å²) in [5.74, 6) is -0.131. The van der Waals surface area contributed by atoms with E-state index < -0.39 is 12.0 Å². The molecule has 2 fully saturated rings. The molecule has 0 radical (unpaired) electrons. The Kier molecular flexibility index (Phi) is 7.30. The first-order chi connectivity index (χ1) is 16.7. The van der Waals surface area contributed by atoms with Crippen LogP contribution in [0.1, 0.15) is 61.5 Å². The van der Waals surface area contributed by atoms with E-state index >= 15 is 0 Å². The van der Waals surface area contributed by atoms with Crippen molar-refractivity contribution >= 4 is 11.7 Å². The molecule has 0 bridgehead atoms. The molecule has 34 heavy (non-hydrogen) atoms. The van der Waals surface area contributed by atoms with E-state index in [4.69, 9.17) is 14.5 Å². The molecule has 0 spiro atoms. The van der Waals surface area contributed by atoms with Crippen LogP contribution < -0.4 is 10.1 Å². The van der Waals surface area contributed by atoms with Gasteiger partial charge in [-0.2, -0.15) is 0 Å². The Morgan fingerprint density at radius 3 is 2.88 bits per heavy atom. The van der Waals surface area contributed by atoms with Gasteiger partial charge in [0.2, 0.25) is 0 Å². The van der Waals surface area contributed by atoms with Crippen LogP contribution in [-0.2, 0) is 22.4 Å². The van der Waals surface area contributed by atoms with E-state index in [9.17, 15) is 9.90 Å². The summed E-state index contributed by atoms with van der Waals surface area (Å²) in [4.78, 5) is 19.1. The molecule has 2 N–H and O–H groups in total. The molecule has 3 heterocycles. The van der Waals surface area contributed by atoms with Gasteiger partial charge in [0.05, 0.1) is 23.6 Å². The molecular weight excluding hydrogens is 430 g/mol. The highest BCUT2D eigenvalue weighted by molar-refractivity contribution is 5.76. The van der Waals surface area contributed by atoms with E-state index in [0.29, 0.717) is 25.4 Å². The molecule has 1 aromatic heterocycles. The number of aromatic nitrogens is 1. The van der Waals surface area contributed by atoms with E-state index in [1.807, 2.05) is 29.2 Å². The van der Waals surface area contributed by atoms with Crippen LogP contribution in [0.5, 0.6) is 5.75 Å². The number of para-hydroxylation sites is 1. The number of rotatable bonds is 11. The maximum Gasteiger partial charge on any atom is 0.325 e. The summed E-state index contributed by atoms with van der Waals surface area (Å²) in [5, 5.41) is 13.4. The number of anilines is 1. The third-order valence-electron chi connectivity index (χ3n) is 6.93. The van der Waals surface area contributed by atoms with Crippen LogP contribution in [0.2, 0.25) is 0 Å². The van der Waals surface area contributed by atoms with Gasteiger partial charge in [-0.25, -0.2) is 0 Å². The van der Waals surface area contributed by atoms with E-state index in [2.05, 4.69) is 17.4 Å². The average Bonchev–Trinajstić information content (AvgIpc) is 3.55. The SMILES string of the molecule is O=C(O)C(c1ccccc1OC1CC1)N1CC[C@@H](OCCCCc2ccc3c(n2)CCCN3)C1. The van der Waals surface area contributed by atoms with Crippen molar-refractivity contribution in [2.24, 2.45) is 0 Å². The standard InChI is InChI=1S/C27H35N3O4/c31-27(32)26(22-7-1-2-9-25(22)34-20-11-12-20)30-16-14-21(18-30)33-17-4-3-6-19-10-13-23-24(29-19)8-5-15-28-23/h1-2,7,9-10,13,20-21,26,28H,3-6,8,11-12,14-18H2,(H,31,32)/t21-,26?/m1/s1. The number of unbranched alkanes of at least 4 members (excludes halogenated alkanes) is 1. The topological polar surface area (TPSA) is 83.9 Å². The highest BCUT2D eigenvalue weighted by atomic mass is 16.5. The van der Waals surface area contributed by atoms with Crippen molar-refractivity contribution in [2.45, 2.75) is 69.6 Å². The molecule has 1 saturated carbocycles. The lowest BCUT2D eigenvalue weighted by atomic mass is 10.0. The van der Waals surface area contributed by atoms with Crippen LogP contribution in [-0.4, -0.2) is 59.4 Å². The van der Waals surface area contributed by atoms with Gasteiger partial charge in [0, 0.05) is 37.5 Å². The number of ether oxygens (including phenoxy) is 2. The van der Waals surface area contributed by atoms with Crippen LogP contribution in [0.25, 0.3) is 0 Å². The molecule has 1 saturated heterocycles. The third kappa shape index (κ3) is 5.70. The molecule has 7 heteroatoms. The van der Waals surface area contributed by atoms with Crippen LogP contribution in [0.3, 0.4) is 0 Å². The van der Waals surface area contributed by atoms with Crippen molar-refractivity contribution in [2.75, 3.05) is 31.6 Å². The average molecular weight is 466 g/mol. The highest BCUT2D eigenvalue weighted by Crippen LogP contribution is 2.36. The first kappa shape index (κ1) is 23.1. The number of carboxylic acid groups (broad SMARTS) is 1. The van der Waals surface area contributed by atoms with Crippen LogP contribution >= 0.6 is 0 Å². The van der Waals surface area contributed by atoms with Gasteiger partial charge in [0.15, 0.2) is 0 Å². The number of pyridine rings is 1. The Morgan fingerprint density at radius 2 is 2.03 bits per heavy atom. The molecule has 0 amide bonds. The second kappa shape index (κ2) is 10.7. The molecule has 2 aromatic rings. The first-order valence-corrected chi connectivity index (χ1v) is 12.7. The Hall–Kier alpha value is -2.64. The monoisotopic (exact) mass is 465 g/mol. The van der Waals surface area contributed by atoms with E-state index in [1.54, 1.807) is 0 Å². The predicted octanol–water partition coefficient (Wildman–Crippen LogP) is 4.22. The fraction of sp³-hybridized carbons (Fsp3) is 0.556. The largest absolute Gasteiger partial charge is 0.490 e. The van der Waals surface area contributed by atoms with Gasteiger partial charge in [-0.15, -0.1) is 0 Å². The molecule has 1 aliphatic carbocycles. The van der Waals surface area contributed by atoms with Crippen LogP contribution in [0.4, 0.5) is 5.69 Å². The van der Waals surface area contributed by atoms with E-state index in [0.717, 1.165) is 69.2 Å². The summed E-state index contributed by atoms with van der Waals surface area (Å²) >= 11 is 0. The smallest absolute Gasteiger partial charge is 0.325 e. The minimum Gasteiger partial charge on any atom is -0.490 e. The Balaban J connectivity index is 1.08. The number of nitrogens with zero attached hydrogens (tertiary/aromatic N) is 2. The zero-order valence-corrected chi connectivity index (χ0v) is 19.7. The Labute approximate surface area is 201 Å². The van der Waals surface area contributed by atoms with E-state index in [-0.39, 0.29) is 12.2 Å². The van der Waals surface area contributed by atoms with Gasteiger partial charge < -0.3 is 19.9 Å². The molecular formula is C27H35N3O4. The lowest BCUT2D eigenvalue weighted by molar-refractivity contribution is -0.143. The number of hydrogen-bond acceptors (Lipinski definition) is 6. The minimum atomic E-state index is -0.833. The fourth-order valence-electron chi connectivity index (χ4n) is 4.96. The van der Waals surface area contributed by atoms with Gasteiger partial charge in [-0.05, 0) is 69.6 Å². The third-order valence-corrected chi connectivity index (χ3v) is 6.93. The molecule has 7 nitrogen and oxygen atoms in total. The quantitative estimate of drug-likeness (QED) is 0.481. The summed E-state index contributed by atoms with van der Waals surface area (Å²) in [6.07, 6.45) is 8.46. The molecule has 1 aromatic carbocycles. The number of hydrogen-bond donors (Lipinski definition) is 2. The zero-order chi connectivity index (χ0) is 23.3. The number of carbonyl (C=O) groups is 1. The van der Waals surface area contributed by atoms with Gasteiger partial charge in [-0.1, -0.05) is 18.2 Å². The number of aryl methyl sites for hydroxylation is 2. The first-order valence-electron chi connectivity index (χ1n) is 12.7. The molecule has 5 rings (SSSR count). The lowest BCUT2D eigenvalue weighted by Gasteiger charge is -2.26. The van der Waals surface area contributed by atoms with Crippen molar-refractivity contribution in [3.8, 4) is 5.75 Å². The zero-order valence-electron chi connectivity index (χ0n) is 19.7. The molecule has 2 atom stereocenters. The predicted molar refractivity (Wildman–Crippen MR) is 130 cm³/mol. The normalized spacial score (nSPS) is 21.0. The van der Waals surface area contributed by atoms with Gasteiger partial charge in [0.25, 0.3) is 0 Å². The minimum absolute atomic E-state index is 0.0753. The van der Waals surface area contributed by atoms with Gasteiger partial charge in [-0.3, -0.25) is 14.7 Å². The summed E-state index contributed by atoms with van der Waals surface area (Å²) < 4.78 is 12.1. The number of carboxylic acids is 1. The van der Waals surface area contributed by atoms with Crippen molar-refractivity contribution in [3.63, 3.8) is 0 Å². The molecule has 182 valence electrons. The molecule has 2 aliphatic heterocycles. The number of nitrogens with one attached hydrogen (secondary N) is 1. The summed E-state index contributed by atoms with van der Waals surface area (Å²) in [6.45, 7) is 3.09. The Morgan fingerprint density at radius 1 is 1.15 bits per heavy atom. The summed E-state index contributed by atoms with van der Waals surface area (Å²) in [5.41, 5.74) is 4.29. The maximum atomic E-state index is 12.2. The maximum absolute atomic E-state index is 12.2. The summed E-state index contributed by atoms with van der Waals surface area (Å²) in [7, 11) is 0. The highest BCUT2D eigenvalue weighted by Gasteiger charge is 2.36. The van der Waals surface area contributed by atoms with Gasteiger partial charge >= 0.3 is 5.97 Å². The van der Waals surface area contributed by atoms with Crippen molar-refractivity contribution in [1.29, 1.82) is 0 Å². The van der Waals surface area contributed by atoms with Crippen molar-refractivity contribution in [3.05, 3.63) is 53.3 Å². The summed E-state index contributed by atoms with van der Waals surface area (Å²) in [6, 6.07) is 11.2.